The van der Waals surface area contributed by atoms with Crippen LogP contribution in [-0.2, 0) is 0 Å². The van der Waals surface area contributed by atoms with Crippen LogP contribution < -0.4 is 0 Å². The Labute approximate surface area is 75.5 Å². The van der Waals surface area contributed by atoms with Gasteiger partial charge in [0.15, 0.2) is 5.78 Å². The molecule has 3 nitrogen and oxygen atoms in total. The van der Waals surface area contributed by atoms with Crippen LogP contribution >= 0.6 is 0 Å². The van der Waals surface area contributed by atoms with Crippen molar-refractivity contribution >= 4 is 11.6 Å². The molecule has 0 spiro atoms. The van der Waals surface area contributed by atoms with Gasteiger partial charge in [0.05, 0.1) is 11.3 Å². The van der Waals surface area contributed by atoms with Crippen LogP contribution in [0.4, 0.5) is 0 Å². The minimum Gasteiger partial charge on any atom is -0.355 e. The lowest BCUT2D eigenvalue weighted by Crippen LogP contribution is -2.10. The maximum atomic E-state index is 11.4. The van der Waals surface area contributed by atoms with Gasteiger partial charge in [-0.05, 0) is 31.6 Å². The molecule has 0 aromatic carbocycles. The van der Waals surface area contributed by atoms with Gasteiger partial charge >= 0.3 is 0 Å². The summed E-state index contributed by atoms with van der Waals surface area (Å²) in [5.74, 6) is -0.206. The molecule has 0 fully saturated rings. The zero-order valence-corrected chi connectivity index (χ0v) is 7.47. The molecule has 0 aliphatic heterocycles. The second-order valence-electron chi connectivity index (χ2n) is 3.19. The molecule has 66 valence electrons. The van der Waals surface area contributed by atoms with Gasteiger partial charge in [-0.25, -0.2) is 0 Å². The number of aromatic amines is 1. The van der Waals surface area contributed by atoms with E-state index in [0.29, 0.717) is 11.3 Å². The van der Waals surface area contributed by atoms with E-state index in [1.54, 1.807) is 0 Å². The number of ketones is 2. The minimum absolute atomic E-state index is 0.0866. The summed E-state index contributed by atoms with van der Waals surface area (Å²) < 4.78 is 0. The Kier molecular flexibility index (Phi) is 1.49. The maximum absolute atomic E-state index is 11.4. The molecule has 1 aliphatic carbocycles. The van der Waals surface area contributed by atoms with Crippen LogP contribution in [0.25, 0.3) is 0 Å². The Bertz CT molecular complexity index is 438. The fraction of sp³-hybridized carbons (Fsp3) is 0.200. The molecule has 0 amide bonds. The summed E-state index contributed by atoms with van der Waals surface area (Å²) in [6, 6.07) is 0. The fourth-order valence-corrected chi connectivity index (χ4v) is 1.53. The maximum Gasteiger partial charge on any atom is 0.202 e. The molecule has 0 saturated carbocycles. The quantitative estimate of drug-likeness (QED) is 0.650. The van der Waals surface area contributed by atoms with Crippen LogP contribution in [0.15, 0.2) is 12.2 Å². The van der Waals surface area contributed by atoms with E-state index in [-0.39, 0.29) is 11.6 Å². The second-order valence-corrected chi connectivity index (χ2v) is 3.19. The average Bonchev–Trinajstić information content (AvgIpc) is 2.38. The first-order valence-corrected chi connectivity index (χ1v) is 4.07. The van der Waals surface area contributed by atoms with E-state index in [0.717, 1.165) is 11.3 Å². The van der Waals surface area contributed by atoms with Crippen molar-refractivity contribution in [3.63, 3.8) is 0 Å². The van der Waals surface area contributed by atoms with Gasteiger partial charge in [-0.1, -0.05) is 0 Å². The normalized spacial score (nSPS) is 14.9. The Balaban J connectivity index is 2.76. The van der Waals surface area contributed by atoms with Crippen LogP contribution in [0, 0.1) is 13.8 Å². The van der Waals surface area contributed by atoms with Crippen LogP contribution in [0.1, 0.15) is 32.1 Å². The number of aryl methyl sites for hydroxylation is 1. The number of hydrogen-bond acceptors (Lipinski definition) is 2. The molecular weight excluding hydrogens is 166 g/mol. The van der Waals surface area contributed by atoms with E-state index in [1.165, 1.54) is 12.2 Å². The lowest BCUT2D eigenvalue weighted by molar-refractivity contribution is 0.0991. The Morgan fingerprint density at radius 3 is 2.31 bits per heavy atom. The molecule has 1 heterocycles. The van der Waals surface area contributed by atoms with Crippen molar-refractivity contribution in [2.45, 2.75) is 13.8 Å². The summed E-state index contributed by atoms with van der Waals surface area (Å²) in [6.07, 6.45) is 2.63. The smallest absolute Gasteiger partial charge is 0.202 e. The highest BCUT2D eigenvalue weighted by Gasteiger charge is 2.24. The number of aromatic nitrogens is 1. The first kappa shape index (κ1) is 7.98. The number of hydrogen-bond donors (Lipinski definition) is 1. The third kappa shape index (κ3) is 0.967. The molecule has 1 aliphatic rings. The minimum atomic E-state index is -0.120. The predicted octanol–water partition coefficient (Wildman–Crippen LogP) is 1.57. The summed E-state index contributed by atoms with van der Waals surface area (Å²) in [6.45, 7) is 3.70. The average molecular weight is 175 g/mol. The van der Waals surface area contributed by atoms with Gasteiger partial charge < -0.3 is 4.98 Å². The molecular formula is C10H9NO2. The van der Waals surface area contributed by atoms with Crippen LogP contribution in [0.3, 0.4) is 0 Å². The summed E-state index contributed by atoms with van der Waals surface area (Å²) in [7, 11) is 0. The molecule has 13 heavy (non-hydrogen) atoms. The molecule has 1 aromatic rings. The fourth-order valence-electron chi connectivity index (χ4n) is 1.53. The van der Waals surface area contributed by atoms with Gasteiger partial charge in [-0.2, -0.15) is 0 Å². The van der Waals surface area contributed by atoms with Gasteiger partial charge in [0.2, 0.25) is 5.78 Å². The van der Waals surface area contributed by atoms with E-state index in [9.17, 15) is 9.59 Å². The summed E-state index contributed by atoms with van der Waals surface area (Å²) in [4.78, 5) is 25.7. The number of carbonyl (C=O) groups excluding carboxylic acids is 2. The first-order chi connectivity index (χ1) is 6.11. The van der Waals surface area contributed by atoms with Crippen molar-refractivity contribution in [2.24, 2.45) is 0 Å². The van der Waals surface area contributed by atoms with Crippen molar-refractivity contribution in [3.05, 3.63) is 34.7 Å². The number of carbonyl (C=O) groups is 2. The molecule has 0 bridgehead atoms. The van der Waals surface area contributed by atoms with E-state index in [4.69, 9.17) is 0 Å². The largest absolute Gasteiger partial charge is 0.355 e. The van der Waals surface area contributed by atoms with Crippen molar-refractivity contribution in [1.29, 1.82) is 0 Å². The standard InChI is InChI=1S/C10H9NO2/c1-5-6(2)11-10-8(13)4-3-7(12)9(5)10/h3-4,11H,1-2H3. The molecule has 1 aromatic heterocycles. The number of H-pyrrole nitrogens is 1. The van der Waals surface area contributed by atoms with Gasteiger partial charge in [-0.3, -0.25) is 9.59 Å². The number of nitrogens with one attached hydrogen (secondary N) is 1. The van der Waals surface area contributed by atoms with Crippen molar-refractivity contribution < 1.29 is 9.59 Å². The summed E-state index contributed by atoms with van der Waals surface area (Å²) >= 11 is 0. The topological polar surface area (TPSA) is 49.9 Å². The van der Waals surface area contributed by atoms with Gasteiger partial charge in [-0.15, -0.1) is 0 Å². The predicted molar refractivity (Wildman–Crippen MR) is 48.1 cm³/mol. The number of allylic oxidation sites excluding steroid dienone is 2. The molecule has 0 atom stereocenters. The zero-order valence-electron chi connectivity index (χ0n) is 7.47. The number of rotatable bonds is 0. The zero-order chi connectivity index (χ0) is 9.59. The van der Waals surface area contributed by atoms with Crippen LogP contribution in [0.2, 0.25) is 0 Å². The molecule has 2 rings (SSSR count). The van der Waals surface area contributed by atoms with Gasteiger partial charge in [0.1, 0.15) is 0 Å². The lowest BCUT2D eigenvalue weighted by atomic mass is 9.99. The highest BCUT2D eigenvalue weighted by Crippen LogP contribution is 2.22. The van der Waals surface area contributed by atoms with Crippen LogP contribution in [0.5, 0.6) is 0 Å². The molecule has 0 radical (unpaired) electrons. The second kappa shape index (κ2) is 2.42. The Morgan fingerprint density at radius 2 is 1.69 bits per heavy atom. The van der Waals surface area contributed by atoms with Crippen LogP contribution in [-0.4, -0.2) is 16.6 Å². The number of fused-ring (bicyclic) bond motifs is 1. The summed E-state index contributed by atoms with van der Waals surface area (Å²) in [5.41, 5.74) is 2.72. The van der Waals surface area contributed by atoms with Crippen molar-refractivity contribution in [1.82, 2.24) is 4.98 Å². The lowest BCUT2D eigenvalue weighted by Gasteiger charge is -2.02. The van der Waals surface area contributed by atoms with E-state index in [2.05, 4.69) is 4.98 Å². The highest BCUT2D eigenvalue weighted by molar-refractivity contribution is 6.22. The van der Waals surface area contributed by atoms with Crippen molar-refractivity contribution in [3.8, 4) is 0 Å². The monoisotopic (exact) mass is 175 g/mol. The molecule has 0 unspecified atom stereocenters. The third-order valence-electron chi connectivity index (χ3n) is 2.38. The Morgan fingerprint density at radius 1 is 1.08 bits per heavy atom. The third-order valence-corrected chi connectivity index (χ3v) is 2.38. The summed E-state index contributed by atoms with van der Waals surface area (Å²) in [5, 5.41) is 0. The molecule has 0 saturated heterocycles. The van der Waals surface area contributed by atoms with Crippen molar-refractivity contribution in [2.75, 3.05) is 0 Å². The SMILES string of the molecule is Cc1[nH]c2c(c1C)C(=O)C=CC2=O. The van der Waals surface area contributed by atoms with E-state index >= 15 is 0 Å². The first-order valence-electron chi connectivity index (χ1n) is 4.07. The molecule has 3 heteroatoms. The highest BCUT2D eigenvalue weighted by atomic mass is 16.1. The Hall–Kier alpha value is -1.64. The van der Waals surface area contributed by atoms with Gasteiger partial charge in [0, 0.05) is 5.69 Å². The van der Waals surface area contributed by atoms with Gasteiger partial charge in [0.25, 0.3) is 0 Å². The van der Waals surface area contributed by atoms with E-state index < -0.39 is 0 Å². The molecule has 1 N–H and O–H groups in total. The van der Waals surface area contributed by atoms with E-state index in [1.807, 2.05) is 13.8 Å².